The Morgan fingerprint density at radius 1 is 0.931 bits per heavy atom. The van der Waals surface area contributed by atoms with E-state index in [2.05, 4.69) is 31.8 Å². The molecule has 0 unspecified atom stereocenters. The van der Waals surface area contributed by atoms with Crippen LogP contribution in [0.1, 0.15) is 45.7 Å². The van der Waals surface area contributed by atoms with E-state index in [0.717, 1.165) is 28.2 Å². The molecule has 5 heteroatoms. The van der Waals surface area contributed by atoms with Crippen molar-refractivity contribution in [2.24, 2.45) is 0 Å². The maximum absolute atomic E-state index is 11.8. The normalized spacial score (nSPS) is 11.6. The Bertz CT molecular complexity index is 1010. The van der Waals surface area contributed by atoms with E-state index in [0.29, 0.717) is 5.56 Å². The molecule has 29 heavy (non-hydrogen) atoms. The Labute approximate surface area is 186 Å². The van der Waals surface area contributed by atoms with Gasteiger partial charge in [0.2, 0.25) is 0 Å². The van der Waals surface area contributed by atoms with Gasteiger partial charge in [-0.1, -0.05) is 39.0 Å². The van der Waals surface area contributed by atoms with Gasteiger partial charge in [-0.05, 0) is 43.2 Å². The largest absolute Gasteiger partial charge is 0.481 e. The average molecular weight is 569 g/mol. The molecule has 154 valence electrons. The van der Waals surface area contributed by atoms with Crippen LogP contribution in [0.3, 0.4) is 0 Å². The monoisotopic (exact) mass is 568 g/mol. The van der Waals surface area contributed by atoms with Gasteiger partial charge < -0.3 is 5.11 Å². The summed E-state index contributed by atoms with van der Waals surface area (Å²) in [6, 6.07) is 18.8. The molecule has 1 aromatic carbocycles. The smallest absolute Gasteiger partial charge is 0.311 e. The zero-order valence-corrected chi connectivity index (χ0v) is 19.5. The first-order valence-electron chi connectivity index (χ1n) is 9.29. The summed E-state index contributed by atoms with van der Waals surface area (Å²) in [5.41, 5.74) is 3.61. The van der Waals surface area contributed by atoms with Gasteiger partial charge in [-0.3, -0.25) is 14.8 Å². The van der Waals surface area contributed by atoms with Gasteiger partial charge in [-0.2, -0.15) is 0 Å². The van der Waals surface area contributed by atoms with Crippen molar-refractivity contribution in [1.29, 1.82) is 0 Å². The summed E-state index contributed by atoms with van der Waals surface area (Å²) in [5.74, 6) is -0.879. The standard InChI is InChI=1S/C24H25N2O2.Pt/c1-23(2,3)17-13-16(14-18(15-17)24(4,5)22(27)28)19-10-8-11-21(26-19)20-9-6-7-12-25-20;/h6-13,15H,1-5H3,(H,27,28);/q-1;. The summed E-state index contributed by atoms with van der Waals surface area (Å²) < 4.78 is 0. The molecule has 0 radical (unpaired) electrons. The summed E-state index contributed by atoms with van der Waals surface area (Å²) in [4.78, 5) is 21.0. The van der Waals surface area contributed by atoms with Crippen LogP contribution in [0, 0.1) is 6.07 Å². The van der Waals surface area contributed by atoms with Crippen LogP contribution in [0.5, 0.6) is 0 Å². The number of aliphatic carboxylic acids is 1. The minimum atomic E-state index is -1.05. The number of benzene rings is 1. The third kappa shape index (κ3) is 5.00. The van der Waals surface area contributed by atoms with E-state index in [9.17, 15) is 9.90 Å². The maximum Gasteiger partial charge on any atom is 0.311 e. The molecule has 0 aliphatic rings. The van der Waals surface area contributed by atoms with E-state index in [1.165, 1.54) is 0 Å². The molecular weight excluding hydrogens is 543 g/mol. The van der Waals surface area contributed by atoms with Gasteiger partial charge in [-0.25, -0.2) is 0 Å². The van der Waals surface area contributed by atoms with Gasteiger partial charge in [0.1, 0.15) is 0 Å². The molecule has 0 fully saturated rings. The van der Waals surface area contributed by atoms with Crippen LogP contribution in [0.15, 0.2) is 54.7 Å². The molecular formula is C24H25N2O2Pt-. The molecule has 4 nitrogen and oxygen atoms in total. The number of aromatic nitrogens is 2. The Morgan fingerprint density at radius 2 is 1.59 bits per heavy atom. The number of nitrogens with zero attached hydrogens (tertiary/aromatic N) is 2. The van der Waals surface area contributed by atoms with E-state index >= 15 is 0 Å². The van der Waals surface area contributed by atoms with Crippen molar-refractivity contribution >= 4 is 5.97 Å². The second-order valence-corrected chi connectivity index (χ2v) is 8.50. The summed E-state index contributed by atoms with van der Waals surface area (Å²) in [6.45, 7) is 9.74. The molecule has 0 spiro atoms. The second kappa shape index (κ2) is 8.59. The number of hydrogen-bond acceptors (Lipinski definition) is 3. The fourth-order valence-corrected chi connectivity index (χ4v) is 2.83. The van der Waals surface area contributed by atoms with Crippen molar-refractivity contribution in [3.63, 3.8) is 0 Å². The zero-order valence-electron chi connectivity index (χ0n) is 17.3. The van der Waals surface area contributed by atoms with Crippen LogP contribution in [-0.2, 0) is 36.7 Å². The van der Waals surface area contributed by atoms with Gasteiger partial charge in [0.25, 0.3) is 0 Å². The van der Waals surface area contributed by atoms with Gasteiger partial charge in [-0.15, -0.1) is 34.9 Å². The Balaban J connectivity index is 0.00000300. The molecule has 1 N–H and O–H groups in total. The van der Waals surface area contributed by atoms with Crippen molar-refractivity contribution < 1.29 is 31.0 Å². The van der Waals surface area contributed by atoms with E-state index in [4.69, 9.17) is 4.98 Å². The SMILES string of the molecule is CC(C)(C)c1cc(-c2cccc(-c3ccccn3)n2)[c-]c(C(C)(C)C(=O)O)c1.[Pt]. The Hall–Kier alpha value is -2.32. The van der Waals surface area contributed by atoms with E-state index in [1.54, 1.807) is 20.0 Å². The second-order valence-electron chi connectivity index (χ2n) is 8.50. The number of carbonyl (C=O) groups is 1. The summed E-state index contributed by atoms with van der Waals surface area (Å²) >= 11 is 0. The fourth-order valence-electron chi connectivity index (χ4n) is 2.83. The molecule has 0 aliphatic heterocycles. The molecule has 2 heterocycles. The quantitative estimate of drug-likeness (QED) is 0.436. The Kier molecular flexibility index (Phi) is 6.80. The van der Waals surface area contributed by atoms with E-state index in [1.807, 2.05) is 48.5 Å². The first kappa shape index (κ1) is 23.0. The fraction of sp³-hybridized carbons (Fsp3) is 0.292. The molecule has 2 aromatic heterocycles. The molecule has 3 aromatic rings. The maximum atomic E-state index is 11.8. The van der Waals surface area contributed by atoms with Gasteiger partial charge in [0.15, 0.2) is 0 Å². The zero-order chi connectivity index (χ0) is 20.5. The summed E-state index contributed by atoms with van der Waals surface area (Å²) in [6.07, 6.45) is 1.74. The summed E-state index contributed by atoms with van der Waals surface area (Å²) in [5, 5.41) is 9.70. The van der Waals surface area contributed by atoms with Crippen LogP contribution in [-0.4, -0.2) is 21.0 Å². The molecule has 3 rings (SSSR count). The van der Waals surface area contributed by atoms with Crippen molar-refractivity contribution in [1.82, 2.24) is 9.97 Å². The van der Waals surface area contributed by atoms with E-state index < -0.39 is 11.4 Å². The first-order chi connectivity index (χ1) is 13.1. The number of rotatable bonds is 4. The minimum absolute atomic E-state index is 0. The van der Waals surface area contributed by atoms with Crippen LogP contribution in [0.4, 0.5) is 0 Å². The molecule has 0 atom stereocenters. The van der Waals surface area contributed by atoms with E-state index in [-0.39, 0.29) is 26.5 Å². The molecule has 0 bridgehead atoms. The van der Waals surface area contributed by atoms with Crippen LogP contribution in [0.2, 0.25) is 0 Å². The number of carboxylic acid groups (broad SMARTS) is 1. The first-order valence-corrected chi connectivity index (χ1v) is 9.29. The topological polar surface area (TPSA) is 63.1 Å². The third-order valence-corrected chi connectivity index (χ3v) is 4.90. The number of hydrogen-bond donors (Lipinski definition) is 1. The molecule has 0 aliphatic carbocycles. The molecule has 0 saturated heterocycles. The van der Waals surface area contributed by atoms with Crippen molar-refractivity contribution in [2.45, 2.75) is 45.4 Å². The van der Waals surface area contributed by atoms with Gasteiger partial charge in [0, 0.05) is 27.3 Å². The minimum Gasteiger partial charge on any atom is -0.481 e. The van der Waals surface area contributed by atoms with Gasteiger partial charge in [0.05, 0.1) is 16.8 Å². The van der Waals surface area contributed by atoms with Crippen LogP contribution >= 0.6 is 0 Å². The molecule has 0 amide bonds. The third-order valence-electron chi connectivity index (χ3n) is 4.90. The summed E-state index contributed by atoms with van der Waals surface area (Å²) in [7, 11) is 0. The van der Waals surface area contributed by atoms with Crippen molar-refractivity contribution in [3.8, 4) is 22.6 Å². The van der Waals surface area contributed by atoms with Crippen molar-refractivity contribution in [2.75, 3.05) is 0 Å². The van der Waals surface area contributed by atoms with Crippen LogP contribution in [0.25, 0.3) is 22.6 Å². The Morgan fingerprint density at radius 3 is 2.17 bits per heavy atom. The average Bonchev–Trinajstić information content (AvgIpc) is 2.67. The number of carboxylic acids is 1. The van der Waals surface area contributed by atoms with Crippen LogP contribution < -0.4 is 0 Å². The molecule has 0 saturated carbocycles. The number of pyridine rings is 2. The predicted molar refractivity (Wildman–Crippen MR) is 111 cm³/mol. The van der Waals surface area contributed by atoms with Gasteiger partial charge >= 0.3 is 5.97 Å². The predicted octanol–water partition coefficient (Wildman–Crippen LogP) is 5.27. The van der Waals surface area contributed by atoms with Crippen molar-refractivity contribution in [3.05, 3.63) is 71.9 Å².